The second-order valence-corrected chi connectivity index (χ2v) is 5.57. The van der Waals surface area contributed by atoms with Crippen molar-refractivity contribution in [1.29, 1.82) is 0 Å². The third-order valence-corrected chi connectivity index (χ3v) is 3.77. The van der Waals surface area contributed by atoms with E-state index in [-0.39, 0.29) is 0 Å². The van der Waals surface area contributed by atoms with Crippen LogP contribution in [-0.2, 0) is 0 Å². The predicted molar refractivity (Wildman–Crippen MR) is 70.7 cm³/mol. The van der Waals surface area contributed by atoms with E-state index >= 15 is 0 Å². The normalized spacial score (nSPS) is 24.0. The highest BCUT2D eigenvalue weighted by Gasteiger charge is 2.14. The van der Waals surface area contributed by atoms with Crippen molar-refractivity contribution < 1.29 is 0 Å². The molecule has 1 aliphatic rings. The van der Waals surface area contributed by atoms with Crippen molar-refractivity contribution in [2.75, 3.05) is 25.1 Å². The van der Waals surface area contributed by atoms with Crippen molar-refractivity contribution in [3.05, 3.63) is 0 Å². The van der Waals surface area contributed by atoms with Gasteiger partial charge in [0.15, 0.2) is 0 Å². The number of hydrogen-bond acceptors (Lipinski definition) is 3. The van der Waals surface area contributed by atoms with E-state index in [0.29, 0.717) is 6.04 Å². The van der Waals surface area contributed by atoms with Crippen LogP contribution in [0.25, 0.3) is 0 Å². The fraction of sp³-hybridized carbons (Fsp3) is 1.00. The average Bonchev–Trinajstić information content (AvgIpc) is 2.26. The zero-order valence-electron chi connectivity index (χ0n) is 10.2. The number of thioether (sulfide) groups is 1. The molecule has 0 aromatic carbocycles. The van der Waals surface area contributed by atoms with Crippen molar-refractivity contribution in [3.8, 4) is 0 Å². The lowest BCUT2D eigenvalue weighted by atomic mass is 9.99. The monoisotopic (exact) mass is 230 g/mol. The van der Waals surface area contributed by atoms with Crippen LogP contribution in [0.4, 0.5) is 0 Å². The van der Waals surface area contributed by atoms with E-state index in [2.05, 4.69) is 23.8 Å². The molecule has 0 spiro atoms. The second-order valence-electron chi connectivity index (χ2n) is 4.58. The van der Waals surface area contributed by atoms with Crippen molar-refractivity contribution >= 4 is 11.8 Å². The number of rotatable bonds is 7. The van der Waals surface area contributed by atoms with E-state index in [9.17, 15) is 0 Å². The van der Waals surface area contributed by atoms with Crippen LogP contribution in [0.3, 0.4) is 0 Å². The summed E-state index contributed by atoms with van der Waals surface area (Å²) in [4.78, 5) is 0. The minimum Gasteiger partial charge on any atom is -0.314 e. The van der Waals surface area contributed by atoms with Gasteiger partial charge in [0, 0.05) is 12.1 Å². The van der Waals surface area contributed by atoms with E-state index in [0.717, 1.165) is 6.04 Å². The fourth-order valence-corrected chi connectivity index (χ4v) is 2.63. The highest BCUT2D eigenvalue weighted by Crippen LogP contribution is 2.11. The lowest BCUT2D eigenvalue weighted by molar-refractivity contribution is 0.345. The molecule has 2 N–H and O–H groups in total. The van der Waals surface area contributed by atoms with E-state index in [1.54, 1.807) is 0 Å². The highest BCUT2D eigenvalue weighted by atomic mass is 32.2. The molecule has 0 aromatic rings. The Morgan fingerprint density at radius 2 is 2.33 bits per heavy atom. The maximum Gasteiger partial charge on any atom is 0.00817 e. The minimum absolute atomic E-state index is 0.669. The summed E-state index contributed by atoms with van der Waals surface area (Å²) in [6.45, 7) is 4.72. The Kier molecular flexibility index (Phi) is 7.49. The Hall–Kier alpha value is 0.270. The first-order valence-electron chi connectivity index (χ1n) is 6.28. The number of hydrogen-bond donors (Lipinski definition) is 2. The molecule has 1 saturated heterocycles. The van der Waals surface area contributed by atoms with Gasteiger partial charge in [-0.15, -0.1) is 0 Å². The molecule has 15 heavy (non-hydrogen) atoms. The summed E-state index contributed by atoms with van der Waals surface area (Å²) in [6.07, 6.45) is 8.91. The number of nitrogens with one attached hydrogen (secondary N) is 2. The first kappa shape index (κ1) is 13.3. The second kappa shape index (κ2) is 8.43. The maximum absolute atomic E-state index is 3.61. The van der Waals surface area contributed by atoms with Gasteiger partial charge in [-0.05, 0) is 57.7 Å². The first-order valence-corrected chi connectivity index (χ1v) is 7.68. The van der Waals surface area contributed by atoms with Crippen LogP contribution >= 0.6 is 11.8 Å². The van der Waals surface area contributed by atoms with Crippen LogP contribution in [0.5, 0.6) is 0 Å². The molecule has 2 nitrogen and oxygen atoms in total. The van der Waals surface area contributed by atoms with Gasteiger partial charge in [0.05, 0.1) is 0 Å². The molecule has 3 heteroatoms. The van der Waals surface area contributed by atoms with Crippen LogP contribution in [0.1, 0.15) is 39.0 Å². The molecular weight excluding hydrogens is 204 g/mol. The van der Waals surface area contributed by atoms with Crippen LogP contribution in [0.2, 0.25) is 0 Å². The Labute approximate surface area is 99.0 Å². The molecule has 1 aliphatic heterocycles. The SMILES string of the molecule is CSCCCNC(C)CC1CCCCN1. The number of piperidine rings is 1. The van der Waals surface area contributed by atoms with Crippen molar-refractivity contribution in [2.45, 2.75) is 51.1 Å². The molecule has 0 aliphatic carbocycles. The lowest BCUT2D eigenvalue weighted by Gasteiger charge is -2.26. The van der Waals surface area contributed by atoms with Gasteiger partial charge in [0.1, 0.15) is 0 Å². The molecule has 0 radical (unpaired) electrons. The highest BCUT2D eigenvalue weighted by molar-refractivity contribution is 7.98. The van der Waals surface area contributed by atoms with Crippen LogP contribution in [0, 0.1) is 0 Å². The Morgan fingerprint density at radius 1 is 1.47 bits per heavy atom. The standard InChI is InChI=1S/C12H26N2S/c1-11(13-8-5-9-15-2)10-12-6-3-4-7-14-12/h11-14H,3-10H2,1-2H3. The molecule has 2 atom stereocenters. The van der Waals surface area contributed by atoms with Gasteiger partial charge in [-0.25, -0.2) is 0 Å². The fourth-order valence-electron chi connectivity index (χ4n) is 2.20. The van der Waals surface area contributed by atoms with Gasteiger partial charge in [-0.3, -0.25) is 0 Å². The van der Waals surface area contributed by atoms with Crippen LogP contribution in [-0.4, -0.2) is 37.2 Å². The Morgan fingerprint density at radius 3 is 3.00 bits per heavy atom. The molecule has 0 saturated carbocycles. The lowest BCUT2D eigenvalue weighted by Crippen LogP contribution is -2.40. The van der Waals surface area contributed by atoms with Gasteiger partial charge >= 0.3 is 0 Å². The zero-order valence-corrected chi connectivity index (χ0v) is 11.0. The summed E-state index contributed by atoms with van der Waals surface area (Å²) < 4.78 is 0. The molecule has 1 rings (SSSR count). The maximum atomic E-state index is 3.61. The van der Waals surface area contributed by atoms with E-state index in [1.165, 1.54) is 50.9 Å². The summed E-state index contributed by atoms with van der Waals surface area (Å²) >= 11 is 1.94. The smallest absolute Gasteiger partial charge is 0.00817 e. The summed E-state index contributed by atoms with van der Waals surface area (Å²) in [5, 5.41) is 7.22. The largest absolute Gasteiger partial charge is 0.314 e. The molecule has 1 heterocycles. The summed E-state index contributed by atoms with van der Waals surface area (Å²) in [5.41, 5.74) is 0. The van der Waals surface area contributed by atoms with Gasteiger partial charge in [-0.1, -0.05) is 6.42 Å². The van der Waals surface area contributed by atoms with Crippen molar-refractivity contribution in [1.82, 2.24) is 10.6 Å². The van der Waals surface area contributed by atoms with Crippen LogP contribution < -0.4 is 10.6 Å². The Balaban J connectivity index is 1.98. The van der Waals surface area contributed by atoms with Crippen molar-refractivity contribution in [3.63, 3.8) is 0 Å². The topological polar surface area (TPSA) is 24.1 Å². The third-order valence-electron chi connectivity index (χ3n) is 3.07. The average molecular weight is 230 g/mol. The molecule has 1 fully saturated rings. The summed E-state index contributed by atoms with van der Waals surface area (Å²) in [5.74, 6) is 1.28. The quantitative estimate of drug-likeness (QED) is 0.656. The van der Waals surface area contributed by atoms with Gasteiger partial charge in [0.2, 0.25) is 0 Å². The van der Waals surface area contributed by atoms with E-state index < -0.39 is 0 Å². The summed E-state index contributed by atoms with van der Waals surface area (Å²) in [7, 11) is 0. The third kappa shape index (κ3) is 6.44. The summed E-state index contributed by atoms with van der Waals surface area (Å²) in [6, 6.07) is 1.43. The molecule has 90 valence electrons. The van der Waals surface area contributed by atoms with Gasteiger partial charge in [-0.2, -0.15) is 11.8 Å². The van der Waals surface area contributed by atoms with Gasteiger partial charge in [0.25, 0.3) is 0 Å². The molecule has 0 bridgehead atoms. The predicted octanol–water partition coefficient (Wildman–Crippen LogP) is 2.25. The molecule has 0 aromatic heterocycles. The van der Waals surface area contributed by atoms with Crippen LogP contribution in [0.15, 0.2) is 0 Å². The molecule has 2 unspecified atom stereocenters. The van der Waals surface area contributed by atoms with E-state index in [1.807, 2.05) is 11.8 Å². The molecule has 0 amide bonds. The Bertz CT molecular complexity index is 147. The first-order chi connectivity index (χ1) is 7.33. The van der Waals surface area contributed by atoms with E-state index in [4.69, 9.17) is 0 Å². The minimum atomic E-state index is 0.669. The molecular formula is C12H26N2S. The van der Waals surface area contributed by atoms with Crippen molar-refractivity contribution in [2.24, 2.45) is 0 Å². The van der Waals surface area contributed by atoms with Gasteiger partial charge < -0.3 is 10.6 Å². The zero-order chi connectivity index (χ0) is 10.9.